The van der Waals surface area contributed by atoms with Gasteiger partial charge in [-0.25, -0.2) is 0 Å². The lowest BCUT2D eigenvalue weighted by Gasteiger charge is -2.24. The van der Waals surface area contributed by atoms with Gasteiger partial charge in [0.1, 0.15) is 0 Å². The van der Waals surface area contributed by atoms with Crippen molar-refractivity contribution in [3.8, 4) is 0 Å². The second kappa shape index (κ2) is 10.8. The Hall–Kier alpha value is -2.03. The SMILES string of the molecule is CCCCCC(=O)N(CCCC)Cc1cccn1Cc1ccccc1C. The van der Waals surface area contributed by atoms with Crippen molar-refractivity contribution in [2.75, 3.05) is 6.54 Å². The largest absolute Gasteiger partial charge is 0.345 e. The first-order chi connectivity index (χ1) is 12.7. The summed E-state index contributed by atoms with van der Waals surface area (Å²) in [7, 11) is 0. The minimum atomic E-state index is 0.301. The van der Waals surface area contributed by atoms with Crippen molar-refractivity contribution in [3.05, 3.63) is 59.4 Å². The maximum absolute atomic E-state index is 12.7. The van der Waals surface area contributed by atoms with Crippen molar-refractivity contribution in [1.82, 2.24) is 9.47 Å². The van der Waals surface area contributed by atoms with Gasteiger partial charge >= 0.3 is 0 Å². The zero-order valence-corrected chi connectivity index (χ0v) is 16.7. The first kappa shape index (κ1) is 20.3. The van der Waals surface area contributed by atoms with Gasteiger partial charge in [-0.1, -0.05) is 57.4 Å². The van der Waals surface area contributed by atoms with E-state index in [4.69, 9.17) is 0 Å². The summed E-state index contributed by atoms with van der Waals surface area (Å²) < 4.78 is 2.28. The number of benzene rings is 1. The van der Waals surface area contributed by atoms with E-state index >= 15 is 0 Å². The molecule has 0 bridgehead atoms. The molecule has 1 aromatic carbocycles. The summed E-state index contributed by atoms with van der Waals surface area (Å²) in [6.45, 7) is 8.95. The molecule has 0 fully saturated rings. The number of aryl methyl sites for hydroxylation is 1. The van der Waals surface area contributed by atoms with E-state index < -0.39 is 0 Å². The number of hydrogen-bond acceptors (Lipinski definition) is 1. The summed E-state index contributed by atoms with van der Waals surface area (Å²) in [5, 5.41) is 0. The molecule has 0 saturated carbocycles. The Kier molecular flexibility index (Phi) is 8.46. The molecule has 0 N–H and O–H groups in total. The number of carbonyl (C=O) groups excluding carboxylic acids is 1. The summed E-state index contributed by atoms with van der Waals surface area (Å²) in [5.41, 5.74) is 3.86. The first-order valence-corrected chi connectivity index (χ1v) is 10.1. The molecular formula is C23H34N2O. The van der Waals surface area contributed by atoms with E-state index in [1.165, 1.54) is 16.8 Å². The van der Waals surface area contributed by atoms with Gasteiger partial charge in [0.2, 0.25) is 5.91 Å². The van der Waals surface area contributed by atoms with Crippen LogP contribution in [0.4, 0.5) is 0 Å². The number of rotatable bonds is 11. The molecule has 0 unspecified atom stereocenters. The Morgan fingerprint density at radius 3 is 2.50 bits per heavy atom. The highest BCUT2D eigenvalue weighted by molar-refractivity contribution is 5.76. The first-order valence-electron chi connectivity index (χ1n) is 10.1. The van der Waals surface area contributed by atoms with Gasteiger partial charge in [0.05, 0.1) is 6.54 Å². The highest BCUT2D eigenvalue weighted by atomic mass is 16.2. The molecule has 142 valence electrons. The minimum Gasteiger partial charge on any atom is -0.345 e. The number of aromatic nitrogens is 1. The molecule has 1 heterocycles. The van der Waals surface area contributed by atoms with Gasteiger partial charge in [-0.2, -0.15) is 0 Å². The van der Waals surface area contributed by atoms with Crippen LogP contribution in [-0.4, -0.2) is 21.9 Å². The lowest BCUT2D eigenvalue weighted by molar-refractivity contribution is -0.132. The highest BCUT2D eigenvalue weighted by Gasteiger charge is 2.15. The molecule has 1 amide bonds. The number of hydrogen-bond donors (Lipinski definition) is 0. The third kappa shape index (κ3) is 6.05. The standard InChI is InChI=1S/C23H34N2O/c1-4-6-8-15-23(26)25(16-7-5-2)19-22-14-11-17-24(22)18-21-13-10-9-12-20(21)3/h9-14,17H,4-8,15-16,18-19H2,1-3H3. The van der Waals surface area contributed by atoms with Crippen molar-refractivity contribution >= 4 is 5.91 Å². The lowest BCUT2D eigenvalue weighted by Crippen LogP contribution is -2.32. The topological polar surface area (TPSA) is 25.2 Å². The fraction of sp³-hybridized carbons (Fsp3) is 0.522. The van der Waals surface area contributed by atoms with Gasteiger partial charge in [0, 0.05) is 31.4 Å². The van der Waals surface area contributed by atoms with Crippen LogP contribution in [0.25, 0.3) is 0 Å². The summed E-state index contributed by atoms with van der Waals surface area (Å²) in [6, 6.07) is 12.8. The minimum absolute atomic E-state index is 0.301. The molecule has 26 heavy (non-hydrogen) atoms. The Bertz CT molecular complexity index is 674. The Labute approximate surface area is 159 Å². The molecule has 2 aromatic rings. The number of nitrogens with zero attached hydrogens (tertiary/aromatic N) is 2. The van der Waals surface area contributed by atoms with Gasteiger partial charge < -0.3 is 9.47 Å². The van der Waals surface area contributed by atoms with Crippen LogP contribution < -0.4 is 0 Å². The fourth-order valence-corrected chi connectivity index (χ4v) is 3.24. The Balaban J connectivity index is 2.07. The van der Waals surface area contributed by atoms with E-state index in [9.17, 15) is 4.79 Å². The lowest BCUT2D eigenvalue weighted by atomic mass is 10.1. The van der Waals surface area contributed by atoms with Crippen LogP contribution in [0.15, 0.2) is 42.6 Å². The van der Waals surface area contributed by atoms with Crippen molar-refractivity contribution < 1.29 is 4.79 Å². The Morgan fingerprint density at radius 2 is 1.77 bits per heavy atom. The maximum Gasteiger partial charge on any atom is 0.222 e. The van der Waals surface area contributed by atoms with Crippen LogP contribution in [0.1, 0.15) is 69.2 Å². The predicted molar refractivity (Wildman–Crippen MR) is 109 cm³/mol. The molecule has 0 aliphatic rings. The number of unbranched alkanes of at least 4 members (excludes halogenated alkanes) is 3. The third-order valence-corrected chi connectivity index (χ3v) is 5.01. The summed E-state index contributed by atoms with van der Waals surface area (Å²) in [6.07, 6.45) is 8.28. The van der Waals surface area contributed by atoms with Crippen LogP contribution in [-0.2, 0) is 17.9 Å². The van der Waals surface area contributed by atoms with Crippen LogP contribution >= 0.6 is 0 Å². The van der Waals surface area contributed by atoms with Crippen molar-refractivity contribution in [2.45, 2.75) is 72.4 Å². The number of amides is 1. The average molecular weight is 355 g/mol. The normalized spacial score (nSPS) is 10.9. The third-order valence-electron chi connectivity index (χ3n) is 5.01. The zero-order chi connectivity index (χ0) is 18.8. The van der Waals surface area contributed by atoms with Gasteiger partial charge in [0.25, 0.3) is 0 Å². The second-order valence-corrected chi connectivity index (χ2v) is 7.18. The number of carbonyl (C=O) groups is 1. The van der Waals surface area contributed by atoms with E-state index in [2.05, 4.69) is 72.8 Å². The molecule has 0 aliphatic heterocycles. The second-order valence-electron chi connectivity index (χ2n) is 7.18. The average Bonchev–Trinajstić information content (AvgIpc) is 3.07. The molecule has 0 spiro atoms. The van der Waals surface area contributed by atoms with E-state index in [0.717, 1.165) is 45.2 Å². The maximum atomic E-state index is 12.7. The predicted octanol–water partition coefficient (Wildman–Crippen LogP) is 5.55. The molecule has 3 nitrogen and oxygen atoms in total. The van der Waals surface area contributed by atoms with E-state index in [1.807, 2.05) is 0 Å². The molecule has 0 radical (unpaired) electrons. The van der Waals surface area contributed by atoms with Gasteiger partial charge in [0.15, 0.2) is 0 Å². The van der Waals surface area contributed by atoms with E-state index in [-0.39, 0.29) is 0 Å². The van der Waals surface area contributed by atoms with Crippen LogP contribution in [0.3, 0.4) is 0 Å². The summed E-state index contributed by atoms with van der Waals surface area (Å²) in [5.74, 6) is 0.301. The molecule has 2 rings (SSSR count). The smallest absolute Gasteiger partial charge is 0.222 e. The van der Waals surface area contributed by atoms with Crippen molar-refractivity contribution in [1.29, 1.82) is 0 Å². The van der Waals surface area contributed by atoms with Crippen molar-refractivity contribution in [3.63, 3.8) is 0 Å². The van der Waals surface area contributed by atoms with E-state index in [0.29, 0.717) is 18.9 Å². The van der Waals surface area contributed by atoms with Gasteiger partial charge in [-0.3, -0.25) is 4.79 Å². The van der Waals surface area contributed by atoms with Crippen LogP contribution in [0.2, 0.25) is 0 Å². The van der Waals surface area contributed by atoms with Crippen LogP contribution in [0, 0.1) is 6.92 Å². The molecule has 0 atom stereocenters. The van der Waals surface area contributed by atoms with Gasteiger partial charge in [-0.15, -0.1) is 0 Å². The molecule has 0 saturated heterocycles. The van der Waals surface area contributed by atoms with E-state index in [1.54, 1.807) is 0 Å². The zero-order valence-electron chi connectivity index (χ0n) is 16.7. The summed E-state index contributed by atoms with van der Waals surface area (Å²) in [4.78, 5) is 14.7. The summed E-state index contributed by atoms with van der Waals surface area (Å²) >= 11 is 0. The van der Waals surface area contributed by atoms with Crippen molar-refractivity contribution in [2.24, 2.45) is 0 Å². The quantitative estimate of drug-likeness (QED) is 0.485. The highest BCUT2D eigenvalue weighted by Crippen LogP contribution is 2.15. The molecule has 1 aromatic heterocycles. The molecule has 3 heteroatoms. The Morgan fingerprint density at radius 1 is 1.00 bits per heavy atom. The monoisotopic (exact) mass is 354 g/mol. The van der Waals surface area contributed by atoms with Crippen LogP contribution in [0.5, 0.6) is 0 Å². The fourth-order valence-electron chi connectivity index (χ4n) is 3.24. The van der Waals surface area contributed by atoms with Gasteiger partial charge in [-0.05, 0) is 43.0 Å². The molecule has 0 aliphatic carbocycles. The molecular weight excluding hydrogens is 320 g/mol.